The molecule has 0 fully saturated rings. The Labute approximate surface area is 197 Å². The number of aromatic nitrogens is 1. The number of amides is 2. The Kier molecular flexibility index (Phi) is 6.25. The number of primary amides is 1. The minimum Gasteiger partial charge on any atom is -0.366 e. The van der Waals surface area contributed by atoms with E-state index in [1.165, 1.54) is 6.08 Å². The number of aromatic amines is 1. The Morgan fingerprint density at radius 1 is 1.15 bits per heavy atom. The normalized spacial score (nSPS) is 12.8. The van der Waals surface area contributed by atoms with Gasteiger partial charge in [-0.15, -0.1) is 0 Å². The number of nitrogens with zero attached hydrogens (tertiary/aromatic N) is 1. The highest BCUT2D eigenvalue weighted by molar-refractivity contribution is 6.37. The monoisotopic (exact) mass is 459 g/mol. The topological polar surface area (TPSA) is 79.2 Å². The fourth-order valence-electron chi connectivity index (χ4n) is 4.61. The van der Waals surface area contributed by atoms with Gasteiger partial charge in [-0.25, -0.2) is 0 Å². The zero-order valence-corrected chi connectivity index (χ0v) is 19.5. The van der Waals surface area contributed by atoms with Crippen molar-refractivity contribution in [1.29, 1.82) is 0 Å². The second-order valence-corrected chi connectivity index (χ2v) is 8.13. The molecule has 168 valence electrons. The lowest BCUT2D eigenvalue weighted by molar-refractivity contribution is -0.126. The molecule has 0 radical (unpaired) electrons. The molecule has 33 heavy (non-hydrogen) atoms. The number of carbonyl (C=O) groups excluding carboxylic acids is 2. The van der Waals surface area contributed by atoms with Crippen LogP contribution in [0.25, 0.3) is 32.9 Å². The maximum atomic E-state index is 12.2. The molecule has 2 heterocycles. The van der Waals surface area contributed by atoms with Crippen molar-refractivity contribution in [3.63, 3.8) is 0 Å². The largest absolute Gasteiger partial charge is 0.366 e. The van der Waals surface area contributed by atoms with Crippen LogP contribution in [0, 0.1) is 0 Å². The number of halogens is 1. The van der Waals surface area contributed by atoms with Gasteiger partial charge >= 0.3 is 0 Å². The van der Waals surface area contributed by atoms with Gasteiger partial charge in [0.1, 0.15) is 0 Å². The summed E-state index contributed by atoms with van der Waals surface area (Å²) in [6.07, 6.45) is 2.06. The smallest absolute Gasteiger partial charge is 0.250 e. The number of para-hydroxylation sites is 1. The van der Waals surface area contributed by atoms with E-state index >= 15 is 0 Å². The number of H-pyrrole nitrogens is 1. The van der Waals surface area contributed by atoms with Gasteiger partial charge in [0.15, 0.2) is 0 Å². The Morgan fingerprint density at radius 2 is 1.91 bits per heavy atom. The van der Waals surface area contributed by atoms with Crippen LogP contribution in [-0.2, 0) is 17.8 Å². The number of hydrogen-bond acceptors (Lipinski definition) is 2. The molecule has 3 N–H and O–H groups in total. The maximum absolute atomic E-state index is 12.2. The third kappa shape index (κ3) is 3.79. The van der Waals surface area contributed by atoms with Gasteiger partial charge in [0, 0.05) is 40.0 Å². The summed E-state index contributed by atoms with van der Waals surface area (Å²) in [7, 11) is 0. The fraction of sp³-hybridized carbons (Fsp3) is 0.185. The van der Waals surface area contributed by atoms with Gasteiger partial charge in [0.2, 0.25) is 5.91 Å². The molecule has 4 aromatic rings. The zero-order valence-electron chi connectivity index (χ0n) is 18.7. The lowest BCUT2D eigenvalue weighted by Crippen LogP contribution is -2.34. The number of benzene rings is 3. The van der Waals surface area contributed by atoms with E-state index < -0.39 is 5.91 Å². The van der Waals surface area contributed by atoms with Crippen molar-refractivity contribution in [2.75, 3.05) is 6.54 Å². The highest BCUT2D eigenvalue weighted by atomic mass is 35.5. The van der Waals surface area contributed by atoms with Crippen molar-refractivity contribution >= 4 is 45.2 Å². The summed E-state index contributed by atoms with van der Waals surface area (Å²) in [5, 5.41) is 2.34. The molecule has 1 aliphatic heterocycles. The summed E-state index contributed by atoms with van der Waals surface area (Å²) in [5.41, 5.74) is 11.8. The van der Waals surface area contributed by atoms with Crippen molar-refractivity contribution in [3.05, 3.63) is 82.9 Å². The van der Waals surface area contributed by atoms with Gasteiger partial charge in [-0.2, -0.15) is 0 Å². The Bertz CT molecular complexity index is 1400. The second-order valence-electron chi connectivity index (χ2n) is 7.72. The molecular weight excluding hydrogens is 434 g/mol. The van der Waals surface area contributed by atoms with E-state index in [0.29, 0.717) is 35.6 Å². The fourth-order valence-corrected chi connectivity index (χ4v) is 4.92. The Balaban J connectivity index is 0.00000126. The summed E-state index contributed by atoms with van der Waals surface area (Å²) >= 11 is 6.79. The van der Waals surface area contributed by atoms with Gasteiger partial charge in [-0.05, 0) is 41.3 Å². The van der Waals surface area contributed by atoms with Gasteiger partial charge in [0.05, 0.1) is 11.1 Å². The molecule has 0 spiro atoms. The van der Waals surface area contributed by atoms with E-state index in [1.807, 2.05) is 50.2 Å². The summed E-state index contributed by atoms with van der Waals surface area (Å²) < 4.78 is 0. The van der Waals surface area contributed by atoms with Crippen LogP contribution in [0.1, 0.15) is 35.3 Å². The lowest BCUT2D eigenvalue weighted by atomic mass is 9.88. The summed E-state index contributed by atoms with van der Waals surface area (Å²) in [5.74, 6) is -0.599. The van der Waals surface area contributed by atoms with Crippen molar-refractivity contribution in [1.82, 2.24) is 9.88 Å². The first-order chi connectivity index (χ1) is 16.0. The first kappa shape index (κ1) is 22.6. The van der Waals surface area contributed by atoms with E-state index in [4.69, 9.17) is 17.3 Å². The van der Waals surface area contributed by atoms with Crippen LogP contribution in [0.2, 0.25) is 5.02 Å². The molecular formula is C27H26ClN3O2. The van der Waals surface area contributed by atoms with Gasteiger partial charge < -0.3 is 15.6 Å². The maximum Gasteiger partial charge on any atom is 0.250 e. The molecule has 2 amide bonds. The van der Waals surface area contributed by atoms with E-state index in [1.54, 1.807) is 11.0 Å². The number of carbonyl (C=O) groups is 2. The number of nitrogens with two attached hydrogens (primary N) is 1. The molecule has 0 saturated heterocycles. The van der Waals surface area contributed by atoms with Crippen LogP contribution in [0.4, 0.5) is 0 Å². The quantitative estimate of drug-likeness (QED) is 0.377. The molecule has 0 aliphatic carbocycles. The first-order valence-electron chi connectivity index (χ1n) is 11.0. The molecule has 0 bridgehead atoms. The van der Waals surface area contributed by atoms with Crippen molar-refractivity contribution in [2.24, 2.45) is 5.73 Å². The van der Waals surface area contributed by atoms with Crippen LogP contribution in [0.5, 0.6) is 0 Å². The average Bonchev–Trinajstić information content (AvgIpc) is 3.23. The second kappa shape index (κ2) is 9.12. The van der Waals surface area contributed by atoms with Gasteiger partial charge in [-0.3, -0.25) is 9.59 Å². The van der Waals surface area contributed by atoms with Crippen molar-refractivity contribution < 1.29 is 9.59 Å². The summed E-state index contributed by atoms with van der Waals surface area (Å²) in [6.45, 7) is 8.74. The molecule has 3 aromatic carbocycles. The minimum atomic E-state index is -0.529. The molecule has 0 atom stereocenters. The van der Waals surface area contributed by atoms with E-state index in [-0.39, 0.29) is 5.91 Å². The van der Waals surface area contributed by atoms with Crippen LogP contribution in [-0.4, -0.2) is 28.2 Å². The highest BCUT2D eigenvalue weighted by Crippen LogP contribution is 2.43. The molecule has 5 rings (SSSR count). The van der Waals surface area contributed by atoms with E-state index in [9.17, 15) is 9.59 Å². The number of rotatable bonds is 3. The highest BCUT2D eigenvalue weighted by Gasteiger charge is 2.25. The Morgan fingerprint density at radius 3 is 2.64 bits per heavy atom. The molecule has 1 aliphatic rings. The minimum absolute atomic E-state index is 0.0704. The molecule has 5 nitrogen and oxygen atoms in total. The van der Waals surface area contributed by atoms with Gasteiger partial charge in [0.25, 0.3) is 5.91 Å². The van der Waals surface area contributed by atoms with Crippen molar-refractivity contribution in [3.8, 4) is 11.1 Å². The number of nitrogens with one attached hydrogen (secondary N) is 1. The predicted octanol–water partition coefficient (Wildman–Crippen LogP) is 5.84. The Hall–Kier alpha value is -3.57. The SMILES string of the molecule is C=CC(=O)N1CCc2c(cccc2-c2c(Cl)cc(C(N)=O)c3[nH]c4ccccc4c23)C1.CC. The molecule has 6 heteroatoms. The predicted molar refractivity (Wildman–Crippen MR) is 135 cm³/mol. The third-order valence-electron chi connectivity index (χ3n) is 6.02. The van der Waals surface area contributed by atoms with E-state index in [2.05, 4.69) is 17.6 Å². The average molecular weight is 460 g/mol. The van der Waals surface area contributed by atoms with Gasteiger partial charge in [-0.1, -0.05) is 68.4 Å². The molecule has 0 unspecified atom stereocenters. The lowest BCUT2D eigenvalue weighted by Gasteiger charge is -2.30. The number of hydrogen-bond donors (Lipinski definition) is 2. The third-order valence-corrected chi connectivity index (χ3v) is 6.32. The van der Waals surface area contributed by atoms with Crippen LogP contribution in [0.15, 0.2) is 61.2 Å². The van der Waals surface area contributed by atoms with Crippen molar-refractivity contribution in [2.45, 2.75) is 26.8 Å². The van der Waals surface area contributed by atoms with E-state index in [0.717, 1.165) is 38.5 Å². The molecule has 1 aromatic heterocycles. The molecule has 0 saturated carbocycles. The van der Waals surface area contributed by atoms with Crippen LogP contribution < -0.4 is 5.73 Å². The summed E-state index contributed by atoms with van der Waals surface area (Å²) in [6, 6.07) is 15.6. The summed E-state index contributed by atoms with van der Waals surface area (Å²) in [4.78, 5) is 29.4. The number of fused-ring (bicyclic) bond motifs is 4. The van der Waals surface area contributed by atoms with Crippen LogP contribution in [0.3, 0.4) is 0 Å². The standard InChI is InChI=1S/C25H20ClN3O2.C2H6/c1-2-21(30)29-11-10-15-14(13-29)6-5-8-16(15)22-19(26)12-18(25(27)31)24-23(22)17-7-3-4-9-20(17)28-24;1-2/h2-9,12,28H,1,10-11,13H2,(H2,27,31);1-2H3. The first-order valence-corrected chi connectivity index (χ1v) is 11.4. The van der Waals surface area contributed by atoms with Crippen LogP contribution >= 0.6 is 11.6 Å². The zero-order chi connectivity index (χ0) is 23.7.